The van der Waals surface area contributed by atoms with Gasteiger partial charge in [0.15, 0.2) is 0 Å². The molecule has 0 aliphatic carbocycles. The van der Waals surface area contributed by atoms with E-state index in [9.17, 15) is 14.7 Å². The maximum Gasteiger partial charge on any atom is 0.295 e. The van der Waals surface area contributed by atoms with Crippen molar-refractivity contribution in [2.75, 3.05) is 0 Å². The van der Waals surface area contributed by atoms with Crippen molar-refractivity contribution in [3.8, 4) is 5.75 Å². The molecule has 5 rings (SSSR count). The fourth-order valence-electron chi connectivity index (χ4n) is 4.52. The second kappa shape index (κ2) is 11.0. The van der Waals surface area contributed by atoms with Gasteiger partial charge in [0.05, 0.1) is 11.6 Å². The Kier molecular flexibility index (Phi) is 7.38. The van der Waals surface area contributed by atoms with Gasteiger partial charge in [0.2, 0.25) is 0 Å². The number of carbonyl (C=O) groups excluding carboxylic acids is 2. The van der Waals surface area contributed by atoms with Gasteiger partial charge in [-0.05, 0) is 71.6 Å². The smallest absolute Gasteiger partial charge is 0.295 e. The van der Waals surface area contributed by atoms with Crippen LogP contribution in [0.25, 0.3) is 5.76 Å². The fraction of sp³-hybridized carbons (Fsp3) is 0.129. The lowest BCUT2D eigenvalue weighted by atomic mass is 9.95. The number of aromatic nitrogens is 1. The Bertz CT molecular complexity index is 1500. The molecule has 38 heavy (non-hydrogen) atoms. The summed E-state index contributed by atoms with van der Waals surface area (Å²) in [4.78, 5) is 32.1. The summed E-state index contributed by atoms with van der Waals surface area (Å²) in [6.07, 6.45) is 3.31. The number of ketones is 1. The number of nitrogens with zero attached hydrogens (tertiary/aromatic N) is 2. The molecule has 1 aliphatic rings. The summed E-state index contributed by atoms with van der Waals surface area (Å²) in [6.45, 7) is 2.63. The van der Waals surface area contributed by atoms with Crippen molar-refractivity contribution in [2.24, 2.45) is 0 Å². The van der Waals surface area contributed by atoms with E-state index in [1.165, 1.54) is 4.90 Å². The van der Waals surface area contributed by atoms with Crippen LogP contribution >= 0.6 is 15.9 Å². The number of hydrogen-bond donors (Lipinski definition) is 1. The maximum absolute atomic E-state index is 13.3. The van der Waals surface area contributed by atoms with Crippen molar-refractivity contribution >= 4 is 33.4 Å². The summed E-state index contributed by atoms with van der Waals surface area (Å²) in [6, 6.07) is 25.1. The van der Waals surface area contributed by atoms with E-state index < -0.39 is 17.7 Å². The molecule has 7 heteroatoms. The Morgan fingerprint density at radius 3 is 2.39 bits per heavy atom. The molecule has 4 aromatic rings. The number of ether oxygens (including phenoxy) is 1. The van der Waals surface area contributed by atoms with Gasteiger partial charge in [-0.3, -0.25) is 14.6 Å². The molecular weight excluding hydrogens is 544 g/mol. The van der Waals surface area contributed by atoms with Crippen LogP contribution in [0.1, 0.15) is 33.9 Å². The van der Waals surface area contributed by atoms with Crippen LogP contribution in [0.3, 0.4) is 0 Å². The second-order valence-corrected chi connectivity index (χ2v) is 10.00. The molecule has 0 radical (unpaired) electrons. The van der Waals surface area contributed by atoms with Gasteiger partial charge >= 0.3 is 0 Å². The Labute approximate surface area is 229 Å². The maximum atomic E-state index is 13.3. The molecule has 1 unspecified atom stereocenters. The van der Waals surface area contributed by atoms with Crippen LogP contribution in [0.15, 0.2) is 107 Å². The number of pyridine rings is 1. The van der Waals surface area contributed by atoms with E-state index in [1.54, 1.807) is 42.7 Å². The monoisotopic (exact) mass is 568 g/mol. The predicted molar refractivity (Wildman–Crippen MR) is 148 cm³/mol. The summed E-state index contributed by atoms with van der Waals surface area (Å²) < 4.78 is 6.79. The molecule has 1 fully saturated rings. The molecule has 1 aliphatic heterocycles. The van der Waals surface area contributed by atoms with Gasteiger partial charge in [-0.15, -0.1) is 0 Å². The number of halogens is 1. The molecular formula is C31H25BrN2O4. The minimum atomic E-state index is -0.750. The molecule has 3 aromatic carbocycles. The average Bonchev–Trinajstić information content (AvgIpc) is 3.18. The molecule has 190 valence electrons. The van der Waals surface area contributed by atoms with Crippen LogP contribution < -0.4 is 4.74 Å². The molecule has 0 spiro atoms. The first-order valence-corrected chi connectivity index (χ1v) is 12.9. The molecule has 0 saturated carbocycles. The third-order valence-corrected chi connectivity index (χ3v) is 7.11. The standard InChI is InChI=1S/C31H25BrN2O4/c1-20-5-2-3-7-24(20)19-38-26-14-10-23(11-15-26)29(35)27-28(22-8-12-25(32)13-9-22)34(31(37)30(27)36)18-21-6-4-16-33-17-21/h2-17,28,35H,18-19H2,1H3/b29-27+. The molecule has 0 bridgehead atoms. The highest BCUT2D eigenvalue weighted by Crippen LogP contribution is 2.40. The third kappa shape index (κ3) is 5.24. The SMILES string of the molecule is Cc1ccccc1COc1ccc(/C(O)=C2\C(=O)C(=O)N(Cc3cccnc3)C2c2ccc(Br)cc2)cc1. The molecule has 6 nitrogen and oxygen atoms in total. The van der Waals surface area contributed by atoms with E-state index in [2.05, 4.69) is 20.9 Å². The van der Waals surface area contributed by atoms with Crippen molar-refractivity contribution in [3.05, 3.63) is 135 Å². The van der Waals surface area contributed by atoms with Crippen molar-refractivity contribution < 1.29 is 19.4 Å². The van der Waals surface area contributed by atoms with E-state index in [1.807, 2.05) is 61.5 Å². The van der Waals surface area contributed by atoms with E-state index >= 15 is 0 Å². The first-order chi connectivity index (χ1) is 18.4. The van der Waals surface area contributed by atoms with E-state index in [0.717, 1.165) is 26.7 Å². The zero-order valence-electron chi connectivity index (χ0n) is 20.7. The van der Waals surface area contributed by atoms with Gasteiger partial charge in [0.1, 0.15) is 18.1 Å². The van der Waals surface area contributed by atoms with Gasteiger partial charge in [-0.1, -0.05) is 58.4 Å². The van der Waals surface area contributed by atoms with Gasteiger partial charge in [-0.2, -0.15) is 0 Å². The highest BCUT2D eigenvalue weighted by Gasteiger charge is 2.46. The zero-order chi connectivity index (χ0) is 26.6. The molecule has 1 saturated heterocycles. The number of carbonyl (C=O) groups is 2. The first kappa shape index (κ1) is 25.4. The quantitative estimate of drug-likeness (QED) is 0.159. The number of rotatable bonds is 7. The number of amides is 1. The summed E-state index contributed by atoms with van der Waals surface area (Å²) in [7, 11) is 0. The summed E-state index contributed by atoms with van der Waals surface area (Å²) >= 11 is 3.44. The number of likely N-dealkylation sites (tertiary alicyclic amines) is 1. The lowest BCUT2D eigenvalue weighted by Crippen LogP contribution is -2.29. The van der Waals surface area contributed by atoms with Crippen molar-refractivity contribution in [1.29, 1.82) is 0 Å². The average molecular weight is 569 g/mol. The number of hydrogen-bond acceptors (Lipinski definition) is 5. The lowest BCUT2D eigenvalue weighted by Gasteiger charge is -2.25. The number of benzene rings is 3. The van der Waals surface area contributed by atoms with E-state index in [4.69, 9.17) is 4.74 Å². The van der Waals surface area contributed by atoms with Gasteiger partial charge in [0, 0.05) is 29.0 Å². The Morgan fingerprint density at radius 1 is 0.974 bits per heavy atom. The topological polar surface area (TPSA) is 79.7 Å². The highest BCUT2D eigenvalue weighted by atomic mass is 79.9. The zero-order valence-corrected chi connectivity index (χ0v) is 22.3. The Hall–Kier alpha value is -4.23. The van der Waals surface area contributed by atoms with Crippen molar-refractivity contribution in [1.82, 2.24) is 9.88 Å². The van der Waals surface area contributed by atoms with Crippen LogP contribution in [0.5, 0.6) is 5.75 Å². The molecule has 1 atom stereocenters. The first-order valence-electron chi connectivity index (χ1n) is 12.1. The van der Waals surface area contributed by atoms with Gasteiger partial charge < -0.3 is 14.7 Å². The second-order valence-electron chi connectivity index (χ2n) is 9.08. The number of Topliss-reactive ketones (excluding diaryl/α,β-unsaturated/α-hetero) is 1. The number of aryl methyl sites for hydroxylation is 1. The summed E-state index contributed by atoms with van der Waals surface area (Å²) in [5.74, 6) is -0.984. The summed E-state index contributed by atoms with van der Waals surface area (Å²) in [5.41, 5.74) is 4.21. The molecule has 1 amide bonds. The Morgan fingerprint density at radius 2 is 1.71 bits per heavy atom. The van der Waals surface area contributed by atoms with Crippen LogP contribution in [-0.2, 0) is 22.7 Å². The number of aliphatic hydroxyl groups excluding tert-OH is 1. The Balaban J connectivity index is 1.47. The minimum absolute atomic E-state index is 0.0507. The van der Waals surface area contributed by atoms with Crippen LogP contribution in [0, 0.1) is 6.92 Å². The van der Waals surface area contributed by atoms with E-state index in [0.29, 0.717) is 17.9 Å². The fourth-order valence-corrected chi connectivity index (χ4v) is 4.79. The molecule has 2 heterocycles. The van der Waals surface area contributed by atoms with E-state index in [-0.39, 0.29) is 17.9 Å². The minimum Gasteiger partial charge on any atom is -0.507 e. The molecule has 1 N–H and O–H groups in total. The lowest BCUT2D eigenvalue weighted by molar-refractivity contribution is -0.140. The normalized spacial score (nSPS) is 16.6. The summed E-state index contributed by atoms with van der Waals surface area (Å²) in [5, 5.41) is 11.3. The van der Waals surface area contributed by atoms with Crippen LogP contribution in [0.2, 0.25) is 0 Å². The van der Waals surface area contributed by atoms with Gasteiger partial charge in [-0.25, -0.2) is 0 Å². The highest BCUT2D eigenvalue weighted by molar-refractivity contribution is 9.10. The third-order valence-electron chi connectivity index (χ3n) is 6.58. The molecule has 1 aromatic heterocycles. The van der Waals surface area contributed by atoms with Crippen molar-refractivity contribution in [3.63, 3.8) is 0 Å². The number of aliphatic hydroxyl groups is 1. The van der Waals surface area contributed by atoms with Gasteiger partial charge in [0.25, 0.3) is 11.7 Å². The largest absolute Gasteiger partial charge is 0.507 e. The van der Waals surface area contributed by atoms with Crippen LogP contribution in [-0.4, -0.2) is 26.7 Å². The predicted octanol–water partition coefficient (Wildman–Crippen LogP) is 6.35. The van der Waals surface area contributed by atoms with Crippen LogP contribution in [0.4, 0.5) is 0 Å². The van der Waals surface area contributed by atoms with Crippen molar-refractivity contribution in [2.45, 2.75) is 26.1 Å².